The van der Waals surface area contributed by atoms with Crippen molar-refractivity contribution in [3.63, 3.8) is 0 Å². The summed E-state index contributed by atoms with van der Waals surface area (Å²) in [6, 6.07) is 9.39. The third-order valence-corrected chi connectivity index (χ3v) is 1.94. The zero-order valence-electron chi connectivity index (χ0n) is 6.79. The summed E-state index contributed by atoms with van der Waals surface area (Å²) in [6.45, 7) is 0. The van der Waals surface area contributed by atoms with Crippen molar-refractivity contribution in [1.29, 1.82) is 0 Å². The maximum absolute atomic E-state index is 10.6. The Hall–Kier alpha value is -1.28. The van der Waals surface area contributed by atoms with Crippen molar-refractivity contribution in [1.82, 2.24) is 0 Å². The van der Waals surface area contributed by atoms with Crippen LogP contribution in [0.15, 0.2) is 34.7 Å². The lowest BCUT2D eigenvalue weighted by atomic mass is 10.2. The highest BCUT2D eigenvalue weighted by Crippen LogP contribution is 2.24. The highest BCUT2D eigenvalue weighted by atomic mass is 35.5. The van der Waals surface area contributed by atoms with Crippen molar-refractivity contribution in [3.8, 4) is 11.3 Å². The van der Waals surface area contributed by atoms with Crippen LogP contribution in [0.3, 0.4) is 0 Å². The molecule has 1 aliphatic carbocycles. The van der Waals surface area contributed by atoms with Gasteiger partial charge < -0.3 is 4.42 Å². The van der Waals surface area contributed by atoms with Crippen LogP contribution >= 0.6 is 11.6 Å². The van der Waals surface area contributed by atoms with E-state index in [0.29, 0.717) is 5.76 Å². The van der Waals surface area contributed by atoms with Crippen LogP contribution in [0.5, 0.6) is 0 Å². The van der Waals surface area contributed by atoms with Gasteiger partial charge in [-0.1, -0.05) is 12.1 Å². The average molecular weight is 195 g/mol. The van der Waals surface area contributed by atoms with E-state index in [1.54, 1.807) is 6.07 Å². The lowest BCUT2D eigenvalue weighted by molar-refractivity contribution is -0.111. The van der Waals surface area contributed by atoms with E-state index in [0.717, 1.165) is 11.3 Å². The Bertz CT molecular complexity index is 405. The number of carbonyl (C=O) groups excluding carboxylic acids is 1. The standard InChI is InChI=1S/C10H7ClO2/c11-10(12)6-8-5-4-7-2-1-3-9(7)13-8/h1-5H,6H2. The Morgan fingerprint density at radius 2 is 2.15 bits per heavy atom. The molecule has 0 amide bonds. The van der Waals surface area contributed by atoms with Gasteiger partial charge in [0, 0.05) is 5.56 Å². The molecule has 2 nitrogen and oxygen atoms in total. The smallest absolute Gasteiger partial charge is 0.229 e. The van der Waals surface area contributed by atoms with Gasteiger partial charge in [0.2, 0.25) is 5.24 Å². The summed E-state index contributed by atoms with van der Waals surface area (Å²) in [4.78, 5) is 10.6. The van der Waals surface area contributed by atoms with Crippen molar-refractivity contribution in [2.24, 2.45) is 0 Å². The third kappa shape index (κ3) is 1.73. The van der Waals surface area contributed by atoms with Gasteiger partial charge in [-0.25, -0.2) is 0 Å². The summed E-state index contributed by atoms with van der Waals surface area (Å²) < 4.78 is 5.41. The van der Waals surface area contributed by atoms with Crippen molar-refractivity contribution in [2.75, 3.05) is 0 Å². The number of halogens is 1. The lowest BCUT2D eigenvalue weighted by Gasteiger charge is -2.01. The molecule has 1 heterocycles. The minimum Gasteiger partial charge on any atom is -0.461 e. The summed E-state index contributed by atoms with van der Waals surface area (Å²) in [5, 5.41) is -0.408. The van der Waals surface area contributed by atoms with Crippen molar-refractivity contribution < 1.29 is 9.21 Å². The first-order chi connectivity index (χ1) is 6.25. The number of fused-ring (bicyclic) bond motifs is 1. The van der Waals surface area contributed by atoms with Crippen LogP contribution in [0, 0.1) is 0 Å². The van der Waals surface area contributed by atoms with Gasteiger partial charge in [-0.15, -0.1) is 0 Å². The van der Waals surface area contributed by atoms with E-state index in [1.165, 1.54) is 0 Å². The van der Waals surface area contributed by atoms with E-state index in [9.17, 15) is 4.79 Å². The molecule has 2 rings (SSSR count). The van der Waals surface area contributed by atoms with Crippen LogP contribution in [0.4, 0.5) is 0 Å². The maximum Gasteiger partial charge on any atom is 0.229 e. The van der Waals surface area contributed by atoms with Crippen LogP contribution in [0.25, 0.3) is 11.3 Å². The number of rotatable bonds is 2. The molecule has 0 N–H and O–H groups in total. The highest BCUT2D eigenvalue weighted by Gasteiger charge is 2.07. The number of hydrogen-bond acceptors (Lipinski definition) is 2. The minimum atomic E-state index is -0.408. The Balaban J connectivity index is 2.38. The number of carbonyl (C=O) groups is 1. The van der Waals surface area contributed by atoms with Crippen molar-refractivity contribution in [3.05, 3.63) is 36.1 Å². The van der Waals surface area contributed by atoms with E-state index in [1.807, 2.05) is 24.3 Å². The Kier molecular flexibility index (Phi) is 2.07. The minimum absolute atomic E-state index is 0.142. The maximum atomic E-state index is 10.6. The van der Waals surface area contributed by atoms with Crippen molar-refractivity contribution >= 4 is 16.8 Å². The number of hydrogen-bond donors (Lipinski definition) is 0. The fraction of sp³-hybridized carbons (Fsp3) is 0.100. The quantitative estimate of drug-likeness (QED) is 0.688. The molecule has 0 bridgehead atoms. The van der Waals surface area contributed by atoms with Crippen LogP contribution in [-0.4, -0.2) is 5.24 Å². The van der Waals surface area contributed by atoms with Gasteiger partial charge in [-0.2, -0.15) is 0 Å². The molecule has 0 unspecified atom stereocenters. The molecular formula is C10H7ClO2. The second kappa shape index (κ2) is 3.23. The Morgan fingerprint density at radius 3 is 2.92 bits per heavy atom. The van der Waals surface area contributed by atoms with E-state index in [4.69, 9.17) is 16.0 Å². The van der Waals surface area contributed by atoms with E-state index in [-0.39, 0.29) is 6.42 Å². The van der Waals surface area contributed by atoms with Crippen molar-refractivity contribution in [2.45, 2.75) is 6.42 Å². The molecule has 13 heavy (non-hydrogen) atoms. The van der Waals surface area contributed by atoms with Gasteiger partial charge in [0.25, 0.3) is 0 Å². The fourth-order valence-corrected chi connectivity index (χ4v) is 1.37. The van der Waals surface area contributed by atoms with Crippen LogP contribution in [0.1, 0.15) is 5.76 Å². The van der Waals surface area contributed by atoms with Crippen LogP contribution in [0.2, 0.25) is 0 Å². The molecule has 0 saturated carbocycles. The zero-order valence-corrected chi connectivity index (χ0v) is 7.54. The summed E-state index contributed by atoms with van der Waals surface area (Å²) in [7, 11) is 0. The molecule has 3 heteroatoms. The molecule has 0 atom stereocenters. The molecule has 0 aromatic carbocycles. The Morgan fingerprint density at radius 1 is 1.31 bits per heavy atom. The van der Waals surface area contributed by atoms with Gasteiger partial charge in [0.15, 0.2) is 0 Å². The third-order valence-electron chi connectivity index (χ3n) is 1.81. The first-order valence-electron chi connectivity index (χ1n) is 3.91. The van der Waals surface area contributed by atoms with E-state index < -0.39 is 5.24 Å². The fourth-order valence-electron chi connectivity index (χ4n) is 1.24. The van der Waals surface area contributed by atoms with Crippen LogP contribution in [-0.2, 0) is 11.2 Å². The molecule has 0 radical (unpaired) electrons. The summed E-state index contributed by atoms with van der Waals surface area (Å²) >= 11 is 5.24. The molecule has 0 fully saturated rings. The topological polar surface area (TPSA) is 30.2 Å². The normalized spacial score (nSPS) is 10.5. The monoisotopic (exact) mass is 194 g/mol. The molecule has 1 aliphatic heterocycles. The molecular weight excluding hydrogens is 188 g/mol. The molecule has 2 aliphatic rings. The molecule has 0 saturated heterocycles. The molecule has 66 valence electrons. The molecule has 0 spiro atoms. The SMILES string of the molecule is O=C(Cl)Cc1ccc2cccc-2o1. The average Bonchev–Trinajstić information content (AvgIpc) is 2.49. The first-order valence-corrected chi connectivity index (χ1v) is 4.29. The van der Waals surface area contributed by atoms with Crippen LogP contribution < -0.4 is 0 Å². The van der Waals surface area contributed by atoms with E-state index >= 15 is 0 Å². The highest BCUT2D eigenvalue weighted by molar-refractivity contribution is 6.63. The largest absolute Gasteiger partial charge is 0.461 e. The predicted octanol–water partition coefficient (Wildman–Crippen LogP) is 2.69. The van der Waals surface area contributed by atoms with Gasteiger partial charge >= 0.3 is 0 Å². The van der Waals surface area contributed by atoms with Gasteiger partial charge in [0.1, 0.15) is 11.5 Å². The van der Waals surface area contributed by atoms with Gasteiger partial charge in [0.05, 0.1) is 6.42 Å². The lowest BCUT2D eigenvalue weighted by Crippen LogP contribution is -1.93. The zero-order chi connectivity index (χ0) is 9.26. The van der Waals surface area contributed by atoms with Gasteiger partial charge in [-0.3, -0.25) is 4.79 Å². The Labute approximate surface area is 80.5 Å². The van der Waals surface area contributed by atoms with Gasteiger partial charge in [-0.05, 0) is 29.8 Å². The van der Waals surface area contributed by atoms with E-state index in [2.05, 4.69) is 0 Å². The summed E-state index contributed by atoms with van der Waals surface area (Å²) in [5.74, 6) is 1.38. The summed E-state index contributed by atoms with van der Waals surface area (Å²) in [6.07, 6.45) is 0.142. The molecule has 0 aromatic heterocycles. The second-order valence-corrected chi connectivity index (χ2v) is 3.20. The second-order valence-electron chi connectivity index (χ2n) is 2.78. The predicted molar refractivity (Wildman–Crippen MR) is 49.9 cm³/mol. The summed E-state index contributed by atoms with van der Waals surface area (Å²) in [5.41, 5.74) is 1.03. The first kappa shape index (κ1) is 8.32. The molecule has 0 aromatic rings.